The van der Waals surface area contributed by atoms with E-state index in [1.54, 1.807) is 10.9 Å². The minimum Gasteiger partial charge on any atom is -0.467 e. The van der Waals surface area contributed by atoms with E-state index in [0.717, 1.165) is 11.5 Å². The Hall–Kier alpha value is -1.71. The summed E-state index contributed by atoms with van der Waals surface area (Å²) in [6.45, 7) is 3.92. The van der Waals surface area contributed by atoms with Crippen LogP contribution >= 0.6 is 0 Å². The molecule has 0 amide bonds. The molecule has 0 saturated carbocycles. The van der Waals surface area contributed by atoms with Crippen LogP contribution < -0.4 is 5.73 Å². The Bertz CT molecular complexity index is 417. The number of nitrogens with two attached hydrogens (primary N) is 1. The molecule has 0 unspecified atom stereocenters. The summed E-state index contributed by atoms with van der Waals surface area (Å²) in [4.78, 5) is 0. The van der Waals surface area contributed by atoms with E-state index < -0.39 is 0 Å². The van der Waals surface area contributed by atoms with Gasteiger partial charge in [-0.2, -0.15) is 5.10 Å². The third-order valence-corrected chi connectivity index (χ3v) is 2.21. The van der Waals surface area contributed by atoms with Gasteiger partial charge in [0.1, 0.15) is 17.6 Å². The van der Waals surface area contributed by atoms with Crippen LogP contribution in [-0.4, -0.2) is 9.78 Å². The summed E-state index contributed by atoms with van der Waals surface area (Å²) in [7, 11) is 0. The Balaban J connectivity index is 2.36. The minimum absolute atomic E-state index is 0.0405. The van der Waals surface area contributed by atoms with Crippen LogP contribution in [0.5, 0.6) is 0 Å². The zero-order valence-corrected chi connectivity index (χ0v) is 8.27. The maximum Gasteiger partial charge on any atom is 0.128 e. The Morgan fingerprint density at radius 2 is 2.36 bits per heavy atom. The maximum atomic E-state index is 5.81. The van der Waals surface area contributed by atoms with Crippen molar-refractivity contribution in [1.29, 1.82) is 0 Å². The quantitative estimate of drug-likeness (QED) is 0.789. The predicted octanol–water partition coefficient (Wildman–Crippen LogP) is 1.98. The molecule has 2 heterocycles. The molecule has 2 rings (SSSR count). The van der Waals surface area contributed by atoms with E-state index in [4.69, 9.17) is 10.2 Å². The van der Waals surface area contributed by atoms with Crippen molar-refractivity contribution in [3.8, 4) is 0 Å². The standard InChI is InChI=1S/C10H13N3O/c1-7-6-10(11)13(12-7)8(2)9-4-3-5-14-9/h3-6,8H,11H2,1-2H3/t8-/m0/s1. The predicted molar refractivity (Wildman–Crippen MR) is 53.9 cm³/mol. The van der Waals surface area contributed by atoms with Gasteiger partial charge in [-0.25, -0.2) is 4.68 Å². The number of nitrogens with zero attached hydrogens (tertiary/aromatic N) is 2. The van der Waals surface area contributed by atoms with Crippen LogP contribution in [0.15, 0.2) is 28.9 Å². The van der Waals surface area contributed by atoms with Crippen molar-refractivity contribution < 1.29 is 4.42 Å². The molecule has 2 aromatic heterocycles. The van der Waals surface area contributed by atoms with Gasteiger partial charge >= 0.3 is 0 Å². The molecule has 4 heteroatoms. The Kier molecular flexibility index (Phi) is 2.04. The topological polar surface area (TPSA) is 57.0 Å². The van der Waals surface area contributed by atoms with Crippen molar-refractivity contribution in [3.05, 3.63) is 35.9 Å². The van der Waals surface area contributed by atoms with Crippen LogP contribution in [0, 0.1) is 6.92 Å². The van der Waals surface area contributed by atoms with Gasteiger partial charge in [0.2, 0.25) is 0 Å². The maximum absolute atomic E-state index is 5.81. The van der Waals surface area contributed by atoms with E-state index in [9.17, 15) is 0 Å². The fourth-order valence-electron chi connectivity index (χ4n) is 1.50. The van der Waals surface area contributed by atoms with Gasteiger partial charge in [-0.3, -0.25) is 0 Å². The molecule has 0 aliphatic rings. The SMILES string of the molecule is Cc1cc(N)n([C@@H](C)c2ccco2)n1. The van der Waals surface area contributed by atoms with Gasteiger partial charge in [-0.15, -0.1) is 0 Å². The second kappa shape index (κ2) is 3.21. The molecule has 4 nitrogen and oxygen atoms in total. The summed E-state index contributed by atoms with van der Waals surface area (Å²) < 4.78 is 7.06. The second-order valence-electron chi connectivity index (χ2n) is 3.35. The van der Waals surface area contributed by atoms with Crippen LogP contribution in [0.1, 0.15) is 24.4 Å². The number of hydrogen-bond donors (Lipinski definition) is 1. The molecule has 0 aliphatic heterocycles. The second-order valence-corrected chi connectivity index (χ2v) is 3.35. The molecule has 0 spiro atoms. The van der Waals surface area contributed by atoms with E-state index in [0.29, 0.717) is 5.82 Å². The molecular weight excluding hydrogens is 178 g/mol. The van der Waals surface area contributed by atoms with Crippen LogP contribution in [0.2, 0.25) is 0 Å². The van der Waals surface area contributed by atoms with Gasteiger partial charge in [0.25, 0.3) is 0 Å². The van der Waals surface area contributed by atoms with E-state index in [-0.39, 0.29) is 6.04 Å². The van der Waals surface area contributed by atoms with E-state index >= 15 is 0 Å². The first-order valence-electron chi connectivity index (χ1n) is 4.53. The number of nitrogen functional groups attached to an aromatic ring is 1. The number of aromatic nitrogens is 2. The molecule has 74 valence electrons. The molecule has 0 aliphatic carbocycles. The molecule has 1 atom stereocenters. The Labute approximate surface area is 82.3 Å². The minimum atomic E-state index is 0.0405. The first-order chi connectivity index (χ1) is 6.68. The summed E-state index contributed by atoms with van der Waals surface area (Å²) in [5.41, 5.74) is 6.72. The molecule has 0 radical (unpaired) electrons. The van der Waals surface area contributed by atoms with Gasteiger partial charge in [0.05, 0.1) is 12.0 Å². The van der Waals surface area contributed by atoms with E-state index in [1.807, 2.05) is 32.0 Å². The van der Waals surface area contributed by atoms with Crippen LogP contribution in [-0.2, 0) is 0 Å². The van der Waals surface area contributed by atoms with Crippen molar-refractivity contribution in [2.24, 2.45) is 0 Å². The summed E-state index contributed by atoms with van der Waals surface area (Å²) in [6.07, 6.45) is 1.65. The lowest BCUT2D eigenvalue weighted by Gasteiger charge is -2.10. The average molecular weight is 191 g/mol. The first-order valence-corrected chi connectivity index (χ1v) is 4.53. The van der Waals surface area contributed by atoms with Gasteiger partial charge in [-0.05, 0) is 26.0 Å². The molecule has 0 saturated heterocycles. The highest BCUT2D eigenvalue weighted by Gasteiger charge is 2.13. The number of hydrogen-bond acceptors (Lipinski definition) is 3. The van der Waals surface area contributed by atoms with Crippen LogP contribution in [0.25, 0.3) is 0 Å². The molecule has 14 heavy (non-hydrogen) atoms. The number of anilines is 1. The normalized spacial score (nSPS) is 13.0. The number of aryl methyl sites for hydroxylation is 1. The number of furan rings is 1. The molecular formula is C10H13N3O. The van der Waals surface area contributed by atoms with Gasteiger partial charge in [-0.1, -0.05) is 0 Å². The van der Waals surface area contributed by atoms with Crippen LogP contribution in [0.3, 0.4) is 0 Å². The molecule has 0 aromatic carbocycles. The summed E-state index contributed by atoms with van der Waals surface area (Å²) in [6, 6.07) is 5.66. The summed E-state index contributed by atoms with van der Waals surface area (Å²) in [5, 5.41) is 4.30. The van der Waals surface area contributed by atoms with Crippen molar-refractivity contribution in [2.75, 3.05) is 5.73 Å². The largest absolute Gasteiger partial charge is 0.467 e. The lowest BCUT2D eigenvalue weighted by molar-refractivity contribution is 0.427. The van der Waals surface area contributed by atoms with Gasteiger partial charge in [0.15, 0.2) is 0 Å². The highest BCUT2D eigenvalue weighted by Crippen LogP contribution is 2.20. The Morgan fingerprint density at radius 1 is 1.57 bits per heavy atom. The molecule has 0 bridgehead atoms. The highest BCUT2D eigenvalue weighted by atomic mass is 16.3. The average Bonchev–Trinajstić information content (AvgIpc) is 2.73. The highest BCUT2D eigenvalue weighted by molar-refractivity contribution is 5.31. The molecule has 2 aromatic rings. The monoisotopic (exact) mass is 191 g/mol. The third-order valence-electron chi connectivity index (χ3n) is 2.21. The van der Waals surface area contributed by atoms with Crippen molar-refractivity contribution >= 4 is 5.82 Å². The lowest BCUT2D eigenvalue weighted by Crippen LogP contribution is -2.10. The lowest BCUT2D eigenvalue weighted by atomic mass is 10.2. The summed E-state index contributed by atoms with van der Waals surface area (Å²) in [5.74, 6) is 1.52. The Morgan fingerprint density at radius 3 is 2.86 bits per heavy atom. The summed E-state index contributed by atoms with van der Waals surface area (Å²) >= 11 is 0. The molecule has 0 fully saturated rings. The fraction of sp³-hybridized carbons (Fsp3) is 0.300. The van der Waals surface area contributed by atoms with Crippen molar-refractivity contribution in [3.63, 3.8) is 0 Å². The third kappa shape index (κ3) is 1.39. The zero-order valence-electron chi connectivity index (χ0n) is 8.27. The smallest absolute Gasteiger partial charge is 0.128 e. The van der Waals surface area contributed by atoms with Gasteiger partial charge < -0.3 is 10.2 Å². The fourth-order valence-corrected chi connectivity index (χ4v) is 1.50. The van der Waals surface area contributed by atoms with E-state index in [2.05, 4.69) is 5.10 Å². The van der Waals surface area contributed by atoms with E-state index in [1.165, 1.54) is 0 Å². The number of rotatable bonds is 2. The van der Waals surface area contributed by atoms with Crippen molar-refractivity contribution in [2.45, 2.75) is 19.9 Å². The van der Waals surface area contributed by atoms with Crippen molar-refractivity contribution in [1.82, 2.24) is 9.78 Å². The van der Waals surface area contributed by atoms with Gasteiger partial charge in [0, 0.05) is 6.07 Å². The first kappa shape index (κ1) is 8.87. The molecule has 2 N–H and O–H groups in total. The zero-order chi connectivity index (χ0) is 10.1. The van der Waals surface area contributed by atoms with Crippen LogP contribution in [0.4, 0.5) is 5.82 Å².